The fourth-order valence-corrected chi connectivity index (χ4v) is 3.93. The van der Waals surface area contributed by atoms with E-state index in [1.165, 1.54) is 0 Å². The highest BCUT2D eigenvalue weighted by Crippen LogP contribution is 2.21. The molecule has 2 heterocycles. The molecule has 1 N–H and O–H groups in total. The van der Waals surface area contributed by atoms with Crippen LogP contribution in [0.3, 0.4) is 0 Å². The zero-order chi connectivity index (χ0) is 19.2. The molecule has 1 aromatic heterocycles. The second-order valence-electron chi connectivity index (χ2n) is 7.44. The highest BCUT2D eigenvalue weighted by atomic mass is 16.5. The summed E-state index contributed by atoms with van der Waals surface area (Å²) in [6, 6.07) is 5.89. The normalized spacial score (nSPS) is 15.6. The van der Waals surface area contributed by atoms with Gasteiger partial charge in [0.1, 0.15) is 11.6 Å². The third-order valence-electron chi connectivity index (χ3n) is 5.42. The number of nitrogens with zero attached hydrogens (tertiary/aromatic N) is 3. The molecule has 2 aromatic rings. The number of imidazole rings is 1. The first-order valence-electron chi connectivity index (χ1n) is 10.2. The number of nitrogens with one attached hydrogen (secondary N) is 1. The van der Waals surface area contributed by atoms with Crippen molar-refractivity contribution in [3.05, 3.63) is 24.0 Å². The van der Waals surface area contributed by atoms with Crippen molar-refractivity contribution in [2.45, 2.75) is 46.1 Å². The number of carbonyl (C=O) groups excluding carboxylic acids is 1. The van der Waals surface area contributed by atoms with E-state index in [1.54, 1.807) is 7.11 Å². The monoisotopic (exact) mass is 372 g/mol. The maximum atomic E-state index is 12.8. The van der Waals surface area contributed by atoms with Gasteiger partial charge in [0.25, 0.3) is 0 Å². The van der Waals surface area contributed by atoms with E-state index >= 15 is 0 Å². The lowest BCUT2D eigenvalue weighted by Crippen LogP contribution is -2.50. The summed E-state index contributed by atoms with van der Waals surface area (Å²) in [5, 5.41) is 0. The topological polar surface area (TPSA) is 61.5 Å². The van der Waals surface area contributed by atoms with Gasteiger partial charge < -0.3 is 14.6 Å². The molecule has 0 radical (unpaired) electrons. The van der Waals surface area contributed by atoms with Gasteiger partial charge in [-0.1, -0.05) is 26.7 Å². The standard InChI is InChI=1S/C21H32N4O2/c1-4-6-16(7-5-2)21(26)25-12-10-24(11-13-25)15-20-22-18-9-8-17(27-3)14-19(18)23-20/h8-9,14,16H,4-7,10-13,15H2,1-3H3,(H,22,23). The molecule has 1 aliphatic heterocycles. The van der Waals surface area contributed by atoms with Gasteiger partial charge in [-0.3, -0.25) is 9.69 Å². The fourth-order valence-electron chi connectivity index (χ4n) is 3.93. The maximum Gasteiger partial charge on any atom is 0.225 e. The van der Waals surface area contributed by atoms with Crippen molar-refractivity contribution in [3.8, 4) is 5.75 Å². The lowest BCUT2D eigenvalue weighted by molar-refractivity contribution is -0.137. The van der Waals surface area contributed by atoms with Crippen LogP contribution in [0.15, 0.2) is 18.2 Å². The SMILES string of the molecule is CCCC(CCC)C(=O)N1CCN(Cc2nc3ccc(OC)cc3[nH]2)CC1. The molecule has 0 aliphatic carbocycles. The van der Waals surface area contributed by atoms with Crippen LogP contribution in [0.1, 0.15) is 45.4 Å². The molecule has 1 aromatic carbocycles. The summed E-state index contributed by atoms with van der Waals surface area (Å²) < 4.78 is 5.27. The quantitative estimate of drug-likeness (QED) is 0.771. The van der Waals surface area contributed by atoms with Gasteiger partial charge in [-0.2, -0.15) is 0 Å². The summed E-state index contributed by atoms with van der Waals surface area (Å²) in [6.07, 6.45) is 4.17. The molecule has 0 saturated carbocycles. The number of amides is 1. The van der Waals surface area contributed by atoms with Crippen LogP contribution in [0.4, 0.5) is 0 Å². The molecule has 148 valence electrons. The van der Waals surface area contributed by atoms with Crippen molar-refractivity contribution in [3.63, 3.8) is 0 Å². The highest BCUT2D eigenvalue weighted by molar-refractivity contribution is 5.79. The number of aromatic amines is 1. The Bertz CT molecular complexity index is 744. The van der Waals surface area contributed by atoms with Gasteiger partial charge in [0.15, 0.2) is 0 Å². The average Bonchev–Trinajstić information content (AvgIpc) is 3.09. The van der Waals surface area contributed by atoms with Gasteiger partial charge >= 0.3 is 0 Å². The number of carbonyl (C=O) groups is 1. The molecule has 3 rings (SSSR count). The van der Waals surface area contributed by atoms with Crippen molar-refractivity contribution in [2.75, 3.05) is 33.3 Å². The Morgan fingerprint density at radius 3 is 2.52 bits per heavy atom. The number of benzene rings is 1. The molecule has 0 unspecified atom stereocenters. The molecule has 0 bridgehead atoms. The van der Waals surface area contributed by atoms with Gasteiger partial charge in [0.2, 0.25) is 5.91 Å². The first kappa shape index (κ1) is 19.7. The number of rotatable bonds is 8. The smallest absolute Gasteiger partial charge is 0.225 e. The summed E-state index contributed by atoms with van der Waals surface area (Å²) in [5.41, 5.74) is 1.96. The van der Waals surface area contributed by atoms with Gasteiger partial charge in [0, 0.05) is 38.2 Å². The minimum Gasteiger partial charge on any atom is -0.497 e. The first-order chi connectivity index (χ1) is 13.1. The predicted molar refractivity (Wildman–Crippen MR) is 108 cm³/mol. The van der Waals surface area contributed by atoms with Crippen LogP contribution in [-0.2, 0) is 11.3 Å². The van der Waals surface area contributed by atoms with Crippen LogP contribution in [0, 0.1) is 5.92 Å². The van der Waals surface area contributed by atoms with Gasteiger partial charge in [-0.15, -0.1) is 0 Å². The fraction of sp³-hybridized carbons (Fsp3) is 0.619. The van der Waals surface area contributed by atoms with Crippen molar-refractivity contribution in [1.82, 2.24) is 19.8 Å². The summed E-state index contributed by atoms with van der Waals surface area (Å²) >= 11 is 0. The van der Waals surface area contributed by atoms with Gasteiger partial charge in [-0.05, 0) is 25.0 Å². The van der Waals surface area contributed by atoms with E-state index < -0.39 is 0 Å². The largest absolute Gasteiger partial charge is 0.497 e. The molecule has 6 heteroatoms. The number of methoxy groups -OCH3 is 1. The van der Waals surface area contributed by atoms with Crippen LogP contribution in [0.5, 0.6) is 5.75 Å². The number of hydrogen-bond acceptors (Lipinski definition) is 4. The zero-order valence-corrected chi connectivity index (χ0v) is 16.8. The Morgan fingerprint density at radius 2 is 1.89 bits per heavy atom. The lowest BCUT2D eigenvalue weighted by atomic mass is 9.96. The summed E-state index contributed by atoms with van der Waals surface area (Å²) in [7, 11) is 1.67. The second kappa shape index (κ2) is 9.22. The van der Waals surface area contributed by atoms with Crippen molar-refractivity contribution >= 4 is 16.9 Å². The van der Waals surface area contributed by atoms with Crippen LogP contribution in [0.25, 0.3) is 11.0 Å². The van der Waals surface area contributed by atoms with Crippen LogP contribution < -0.4 is 4.74 Å². The number of H-pyrrole nitrogens is 1. The van der Waals surface area contributed by atoms with Crippen molar-refractivity contribution in [1.29, 1.82) is 0 Å². The van der Waals surface area contributed by atoms with E-state index in [9.17, 15) is 4.79 Å². The highest BCUT2D eigenvalue weighted by Gasteiger charge is 2.26. The average molecular weight is 373 g/mol. The molecule has 1 amide bonds. The molecule has 1 aliphatic rings. The van der Waals surface area contributed by atoms with E-state index in [0.717, 1.165) is 81.0 Å². The Labute approximate surface area is 161 Å². The van der Waals surface area contributed by atoms with Gasteiger partial charge in [-0.25, -0.2) is 4.98 Å². The minimum atomic E-state index is 0.205. The second-order valence-corrected chi connectivity index (χ2v) is 7.44. The number of hydrogen-bond donors (Lipinski definition) is 1. The molecule has 1 saturated heterocycles. The number of piperazine rings is 1. The molecule has 0 spiro atoms. The minimum absolute atomic E-state index is 0.205. The molecule has 6 nitrogen and oxygen atoms in total. The first-order valence-corrected chi connectivity index (χ1v) is 10.2. The van der Waals surface area contributed by atoms with Crippen LogP contribution in [0.2, 0.25) is 0 Å². The maximum absolute atomic E-state index is 12.8. The van der Waals surface area contributed by atoms with Gasteiger partial charge in [0.05, 0.1) is 24.7 Å². The van der Waals surface area contributed by atoms with Crippen molar-refractivity contribution in [2.24, 2.45) is 5.92 Å². The summed E-state index contributed by atoms with van der Waals surface area (Å²) in [6.45, 7) is 8.54. The molecule has 1 fully saturated rings. The molecule has 27 heavy (non-hydrogen) atoms. The molecular weight excluding hydrogens is 340 g/mol. The third-order valence-corrected chi connectivity index (χ3v) is 5.42. The van der Waals surface area contributed by atoms with Crippen LogP contribution >= 0.6 is 0 Å². The number of ether oxygens (including phenoxy) is 1. The Morgan fingerprint density at radius 1 is 1.19 bits per heavy atom. The van der Waals surface area contributed by atoms with Crippen molar-refractivity contribution < 1.29 is 9.53 Å². The van der Waals surface area contributed by atoms with E-state index in [-0.39, 0.29) is 5.92 Å². The van der Waals surface area contributed by atoms with Crippen LogP contribution in [-0.4, -0.2) is 59.0 Å². The lowest BCUT2D eigenvalue weighted by Gasteiger charge is -2.36. The number of fused-ring (bicyclic) bond motifs is 1. The Kier molecular flexibility index (Phi) is 6.72. The van der Waals surface area contributed by atoms with E-state index in [2.05, 4.69) is 33.6 Å². The predicted octanol–water partition coefficient (Wildman–Crippen LogP) is 3.43. The molecule has 0 atom stereocenters. The third kappa shape index (κ3) is 4.80. The van der Waals surface area contributed by atoms with E-state index in [4.69, 9.17) is 4.74 Å². The summed E-state index contributed by atoms with van der Waals surface area (Å²) in [4.78, 5) is 25.3. The Balaban J connectivity index is 1.55. The summed E-state index contributed by atoms with van der Waals surface area (Å²) in [5.74, 6) is 2.36. The molecular formula is C21H32N4O2. The van der Waals surface area contributed by atoms with E-state index in [0.29, 0.717) is 5.91 Å². The number of aromatic nitrogens is 2. The Hall–Kier alpha value is -2.08. The zero-order valence-electron chi connectivity index (χ0n) is 16.8. The van der Waals surface area contributed by atoms with E-state index in [1.807, 2.05) is 18.2 Å².